The van der Waals surface area contributed by atoms with Crippen LogP contribution in [0.2, 0.25) is 13.1 Å². The van der Waals surface area contributed by atoms with Crippen molar-refractivity contribution in [1.29, 1.82) is 0 Å². The van der Waals surface area contributed by atoms with Gasteiger partial charge in [-0.05, 0) is 93.3 Å². The van der Waals surface area contributed by atoms with Crippen molar-refractivity contribution in [2.75, 3.05) is 0 Å². The molecular formula is C24H35O2Si. The second-order valence-electron chi connectivity index (χ2n) is 10.9. The molecule has 4 saturated carbocycles. The number of rotatable bonds is 4. The van der Waals surface area contributed by atoms with Crippen LogP contribution in [0.1, 0.15) is 87.7 Å². The normalized spacial score (nSPS) is 32.2. The number of hydrogen-bond donors (Lipinski definition) is 0. The Bertz CT molecular complexity index is 721. The zero-order valence-corrected chi connectivity index (χ0v) is 18.9. The predicted octanol–water partition coefficient (Wildman–Crippen LogP) is 6.28. The van der Waals surface area contributed by atoms with E-state index in [2.05, 4.69) is 39.9 Å². The van der Waals surface area contributed by atoms with Crippen LogP contribution in [-0.2, 0) is 10.8 Å². The summed E-state index contributed by atoms with van der Waals surface area (Å²) in [6.07, 6.45) is 8.20. The fraction of sp³-hybridized carbons (Fsp3) is 0.708. The minimum atomic E-state index is -0.948. The molecule has 1 aromatic rings. The van der Waals surface area contributed by atoms with Gasteiger partial charge in [-0.25, -0.2) is 0 Å². The summed E-state index contributed by atoms with van der Waals surface area (Å²) in [5.41, 5.74) is 3.93. The molecular weight excluding hydrogens is 348 g/mol. The van der Waals surface area contributed by atoms with Crippen LogP contribution in [0.4, 0.5) is 0 Å². The molecule has 2 nitrogen and oxygen atoms in total. The topological polar surface area (TPSA) is 26.3 Å². The average Bonchev–Trinajstić information content (AvgIpc) is 2.51. The molecule has 0 amide bonds. The van der Waals surface area contributed by atoms with Crippen LogP contribution < -0.4 is 4.43 Å². The number of benzene rings is 1. The van der Waals surface area contributed by atoms with Crippen LogP contribution in [-0.4, -0.2) is 14.8 Å². The van der Waals surface area contributed by atoms with Crippen molar-refractivity contribution in [3.63, 3.8) is 0 Å². The summed E-state index contributed by atoms with van der Waals surface area (Å²) in [7, 11) is -0.948. The van der Waals surface area contributed by atoms with Gasteiger partial charge < -0.3 is 4.43 Å². The maximum atomic E-state index is 12.5. The van der Waals surface area contributed by atoms with Gasteiger partial charge in [0.05, 0.1) is 5.56 Å². The van der Waals surface area contributed by atoms with Gasteiger partial charge in [-0.1, -0.05) is 26.8 Å². The van der Waals surface area contributed by atoms with Gasteiger partial charge in [0, 0.05) is 11.0 Å². The first-order valence-electron chi connectivity index (χ1n) is 10.8. The van der Waals surface area contributed by atoms with E-state index in [-0.39, 0.29) is 16.6 Å². The highest BCUT2D eigenvalue weighted by molar-refractivity contribution is 6.49. The number of hydrogen-bond acceptors (Lipinski definition) is 2. The smallest absolute Gasteiger partial charge is 0.274 e. The van der Waals surface area contributed by atoms with Gasteiger partial charge in [0.15, 0.2) is 5.78 Å². The molecule has 0 heterocycles. The van der Waals surface area contributed by atoms with Gasteiger partial charge in [-0.3, -0.25) is 4.79 Å². The molecule has 0 unspecified atom stereocenters. The Morgan fingerprint density at radius 1 is 1.04 bits per heavy atom. The lowest BCUT2D eigenvalue weighted by atomic mass is 9.47. The van der Waals surface area contributed by atoms with E-state index in [0.717, 1.165) is 29.1 Å². The Hall–Kier alpha value is -1.09. The van der Waals surface area contributed by atoms with Crippen molar-refractivity contribution >= 4 is 14.8 Å². The van der Waals surface area contributed by atoms with Crippen molar-refractivity contribution in [3.05, 3.63) is 28.8 Å². The van der Waals surface area contributed by atoms with Crippen molar-refractivity contribution in [2.45, 2.75) is 90.1 Å². The third kappa shape index (κ3) is 3.30. The monoisotopic (exact) mass is 383 g/mol. The first kappa shape index (κ1) is 19.2. The lowest BCUT2D eigenvalue weighted by molar-refractivity contribution is -0.00660. The minimum Gasteiger partial charge on any atom is -0.542 e. The van der Waals surface area contributed by atoms with E-state index in [1.54, 1.807) is 6.92 Å². The molecule has 147 valence electrons. The molecule has 1 radical (unpaired) electrons. The number of ketones is 1. The lowest BCUT2D eigenvalue weighted by Crippen LogP contribution is -2.49. The second kappa shape index (κ2) is 6.47. The van der Waals surface area contributed by atoms with E-state index in [1.807, 2.05) is 6.07 Å². The Labute approximate surface area is 166 Å². The van der Waals surface area contributed by atoms with Gasteiger partial charge in [-0.15, -0.1) is 0 Å². The highest BCUT2D eigenvalue weighted by Gasteiger charge is 2.54. The fourth-order valence-corrected chi connectivity index (χ4v) is 7.36. The molecule has 0 aliphatic heterocycles. The quantitative estimate of drug-likeness (QED) is 0.451. The summed E-state index contributed by atoms with van der Waals surface area (Å²) < 4.78 is 6.54. The fourth-order valence-electron chi connectivity index (χ4n) is 6.74. The van der Waals surface area contributed by atoms with E-state index in [4.69, 9.17) is 4.43 Å². The molecule has 3 heteroatoms. The SMILES string of the molecule is CC(=O)c1ccc(C(C)(C)C)c(C23CC4CC(CC(C4)C2)C3)c1O[Si](C)C. The number of carbonyl (C=O) groups is 1. The van der Waals surface area contributed by atoms with E-state index in [1.165, 1.54) is 49.7 Å². The Kier molecular flexibility index (Phi) is 4.61. The van der Waals surface area contributed by atoms with Crippen LogP contribution in [0.3, 0.4) is 0 Å². The molecule has 1 aromatic carbocycles. The summed E-state index contributed by atoms with van der Waals surface area (Å²) in [5.74, 6) is 3.73. The first-order chi connectivity index (χ1) is 12.6. The molecule has 0 saturated heterocycles. The van der Waals surface area contributed by atoms with E-state index in [0.29, 0.717) is 0 Å². The summed E-state index contributed by atoms with van der Waals surface area (Å²) in [4.78, 5) is 12.5. The molecule has 0 atom stereocenters. The molecule has 27 heavy (non-hydrogen) atoms. The maximum Gasteiger partial charge on any atom is 0.274 e. The highest BCUT2D eigenvalue weighted by atomic mass is 28.3. The van der Waals surface area contributed by atoms with Gasteiger partial charge in [-0.2, -0.15) is 0 Å². The van der Waals surface area contributed by atoms with E-state index in [9.17, 15) is 4.79 Å². The zero-order chi connectivity index (χ0) is 19.6. The number of carbonyl (C=O) groups excluding carboxylic acids is 1. The van der Waals surface area contributed by atoms with Gasteiger partial charge in [0.25, 0.3) is 9.04 Å². The van der Waals surface area contributed by atoms with Crippen LogP contribution in [0, 0.1) is 17.8 Å². The van der Waals surface area contributed by atoms with Crippen LogP contribution in [0.5, 0.6) is 5.75 Å². The van der Waals surface area contributed by atoms with Crippen LogP contribution in [0.25, 0.3) is 0 Å². The lowest BCUT2D eigenvalue weighted by Gasteiger charge is -2.58. The van der Waals surface area contributed by atoms with Crippen molar-refractivity contribution in [3.8, 4) is 5.75 Å². The molecule has 0 spiro atoms. The standard InChI is InChI=1S/C24H35O2Si/c1-15(25)19-7-8-20(23(2,3)4)21(22(19)26-27(5)6)24-12-16-9-17(13-24)11-18(10-16)14-24/h7-8,16-18H,9-14H2,1-6H3. The molecule has 4 aliphatic rings. The predicted molar refractivity (Wildman–Crippen MR) is 113 cm³/mol. The largest absolute Gasteiger partial charge is 0.542 e. The van der Waals surface area contributed by atoms with Gasteiger partial charge in [0.2, 0.25) is 0 Å². The molecule has 0 aromatic heterocycles. The summed E-state index contributed by atoms with van der Waals surface area (Å²) in [6.45, 7) is 13.0. The zero-order valence-electron chi connectivity index (χ0n) is 17.9. The first-order valence-corrected chi connectivity index (χ1v) is 13.2. The summed E-state index contributed by atoms with van der Waals surface area (Å²) in [5, 5.41) is 0. The molecule has 4 bridgehead atoms. The highest BCUT2D eigenvalue weighted by Crippen LogP contribution is 2.63. The second-order valence-corrected chi connectivity index (χ2v) is 12.9. The van der Waals surface area contributed by atoms with Crippen LogP contribution in [0.15, 0.2) is 12.1 Å². The Morgan fingerprint density at radius 2 is 1.56 bits per heavy atom. The van der Waals surface area contributed by atoms with E-state index < -0.39 is 9.04 Å². The number of Topliss-reactive ketones (excluding diaryl/α,β-unsaturated/α-hetero) is 1. The molecule has 4 fully saturated rings. The maximum absolute atomic E-state index is 12.5. The van der Waals surface area contributed by atoms with Crippen molar-refractivity contribution in [2.24, 2.45) is 17.8 Å². The molecule has 5 rings (SSSR count). The van der Waals surface area contributed by atoms with Crippen molar-refractivity contribution in [1.82, 2.24) is 0 Å². The van der Waals surface area contributed by atoms with Gasteiger partial charge in [0.1, 0.15) is 5.75 Å². The minimum absolute atomic E-state index is 0.0560. The average molecular weight is 384 g/mol. The summed E-state index contributed by atoms with van der Waals surface area (Å²) in [6, 6.07) is 4.28. The Morgan fingerprint density at radius 3 is 1.96 bits per heavy atom. The summed E-state index contributed by atoms with van der Waals surface area (Å²) >= 11 is 0. The van der Waals surface area contributed by atoms with Crippen LogP contribution >= 0.6 is 0 Å². The molecule has 0 N–H and O–H groups in total. The van der Waals surface area contributed by atoms with E-state index >= 15 is 0 Å². The Balaban J connectivity index is 1.96. The van der Waals surface area contributed by atoms with Crippen molar-refractivity contribution < 1.29 is 9.22 Å². The molecule has 4 aliphatic carbocycles. The third-order valence-electron chi connectivity index (χ3n) is 7.22. The van der Waals surface area contributed by atoms with Gasteiger partial charge >= 0.3 is 0 Å². The third-order valence-corrected chi connectivity index (χ3v) is 7.83.